The van der Waals surface area contributed by atoms with Crippen molar-refractivity contribution < 1.29 is 178 Å². The second-order valence-electron chi connectivity index (χ2n) is 17.3. The lowest BCUT2D eigenvalue weighted by Crippen LogP contribution is -2.74. The minimum atomic E-state index is -8.81. The molecule has 0 heterocycles. The Kier molecular flexibility index (Phi) is 19.4. The minimum Gasteiger partial charge on any atom is -0.493 e. The van der Waals surface area contributed by atoms with Crippen LogP contribution < -0.4 is 18.9 Å². The van der Waals surface area contributed by atoms with Crippen molar-refractivity contribution in [3.63, 3.8) is 0 Å². The molecule has 6 nitrogen and oxygen atoms in total. The van der Waals surface area contributed by atoms with E-state index in [0.717, 1.165) is 74.9 Å². The monoisotopic (exact) mass is 1300 g/mol. The number of rotatable bonds is 26. The molecule has 40 heteroatoms. The van der Waals surface area contributed by atoms with Crippen LogP contribution in [-0.4, -0.2) is 121 Å². The highest BCUT2D eigenvalue weighted by Gasteiger charge is 2.97. The van der Waals surface area contributed by atoms with E-state index in [1.807, 2.05) is 0 Å². The molecule has 3 aromatic carbocycles. The van der Waals surface area contributed by atoms with Crippen LogP contribution in [0, 0.1) is 0 Å². The van der Waals surface area contributed by atoms with Gasteiger partial charge in [-0.1, -0.05) is 12.1 Å². The van der Waals surface area contributed by atoms with Crippen molar-refractivity contribution in [1.29, 1.82) is 0 Å². The van der Waals surface area contributed by atoms with Crippen LogP contribution >= 0.6 is 0 Å². The van der Waals surface area contributed by atoms with Gasteiger partial charge >= 0.3 is 107 Å². The van der Waals surface area contributed by atoms with Crippen LogP contribution in [0.15, 0.2) is 60.7 Å². The van der Waals surface area contributed by atoms with E-state index >= 15 is 0 Å². The Morgan fingerprint density at radius 1 is 0.310 bits per heavy atom. The maximum absolute atomic E-state index is 14.4. The maximum atomic E-state index is 14.4. The van der Waals surface area contributed by atoms with E-state index in [4.69, 9.17) is 18.9 Å². The zero-order valence-corrected chi connectivity index (χ0v) is 40.3. The molecule has 0 aliphatic heterocycles. The summed E-state index contributed by atoms with van der Waals surface area (Å²) in [6, 6.07) is 8.03. The van der Waals surface area contributed by atoms with Crippen LogP contribution in [0.3, 0.4) is 0 Å². The van der Waals surface area contributed by atoms with Crippen molar-refractivity contribution in [1.82, 2.24) is 0 Å². The van der Waals surface area contributed by atoms with Gasteiger partial charge in [-0.25, -0.2) is 9.59 Å². The van der Waals surface area contributed by atoms with Gasteiger partial charge in [0.2, 0.25) is 0 Å². The van der Waals surface area contributed by atoms with Gasteiger partial charge in [-0.3, -0.25) is 0 Å². The number of carbonyl (C=O) groups is 2. The molecule has 0 aliphatic rings. The molecule has 3 aromatic rings. The molecule has 0 aromatic heterocycles. The summed E-state index contributed by atoms with van der Waals surface area (Å²) in [5.74, 6) is -120. The fraction of sp³-hybridized carbons (Fsp3) is 0.545. The van der Waals surface area contributed by atoms with E-state index in [-0.39, 0.29) is 11.1 Å². The molecule has 0 fully saturated rings. The third kappa shape index (κ3) is 11.8. The predicted molar refractivity (Wildman–Crippen MR) is 210 cm³/mol. The number of ether oxygens (including phenoxy) is 4. The van der Waals surface area contributed by atoms with Crippen LogP contribution in [-0.2, 0) is 12.8 Å². The third-order valence-electron chi connectivity index (χ3n) is 11.7. The Bertz CT molecular complexity index is 2630. The number of methoxy groups -OCH3 is 2. The first kappa shape index (κ1) is 72.1. The number of alkyl halides is 34. The Hall–Kier alpha value is -6.18. The van der Waals surface area contributed by atoms with Crippen LogP contribution in [0.1, 0.15) is 57.5 Å². The summed E-state index contributed by atoms with van der Waals surface area (Å²) in [5, 5.41) is 0. The smallest absolute Gasteiger partial charge is 0.460 e. The molecule has 478 valence electrons. The average molecular weight is 1300 g/mol. The van der Waals surface area contributed by atoms with E-state index in [1.54, 1.807) is 0 Å². The predicted octanol–water partition coefficient (Wildman–Crippen LogP) is 16.8. The fourth-order valence-corrected chi connectivity index (χ4v) is 6.70. The normalized spacial score (nSPS) is 14.8. The topological polar surface area (TPSA) is 71.1 Å². The third-order valence-corrected chi connectivity index (χ3v) is 11.7. The number of halogens is 34. The molecule has 0 N–H and O–H groups in total. The van der Waals surface area contributed by atoms with Gasteiger partial charge in [0.05, 0.1) is 25.3 Å². The van der Waals surface area contributed by atoms with Gasteiger partial charge in [-0.15, -0.1) is 0 Å². The van der Waals surface area contributed by atoms with Crippen molar-refractivity contribution in [3.8, 4) is 23.0 Å². The molecule has 0 atom stereocenters. The highest BCUT2D eigenvalue weighted by molar-refractivity contribution is 5.95. The SMILES string of the molecule is COc1cc(CCCC(F)(F)C(F)(F)C(F)(F)C(F)(F)C(F)(F)C(F)(F)C(F)(F)C(F)(F)F)ccc1OC(=O)c1ccc(C(=O)Oc2ccc(CCCC(F)(F)C(F)(F)C(F)(F)C(F)(F)C(F)(F)C(F)(F)C(F)(F)C(F)(F)F)cc2OC)cc1. The second-order valence-corrected chi connectivity index (χ2v) is 17.3. The van der Waals surface area contributed by atoms with Gasteiger partial charge in [0.1, 0.15) is 0 Å². The first-order chi connectivity index (χ1) is 37.3. The summed E-state index contributed by atoms with van der Waals surface area (Å²) in [6.45, 7) is 0. The molecule has 0 radical (unpaired) electrons. The van der Waals surface area contributed by atoms with E-state index < -0.39 is 180 Å². The standard InChI is InChI=1S/C44H28F34O6/c1-81-25-17-19(5-3-15-29(45,46)31(49,50)33(53,54)35(57,58)37(61,62)39(65,66)41(69,70)43(73,74)75)7-13-23(25)83-27(79)21-9-11-22(12-10-21)28(80)84-24-14-8-20(18-26(24)82-2)6-4-16-30(47,48)32(51,52)34(55,56)36(59,60)38(63,64)40(67,68)42(71,72)44(76,77)78/h7-14,17-18H,3-6,15-16H2,1-2H3. The molecule has 0 saturated heterocycles. The summed E-state index contributed by atoms with van der Waals surface area (Å²) in [7, 11) is 1.66. The molecule has 0 amide bonds. The lowest BCUT2D eigenvalue weighted by atomic mass is 9.87. The number of aryl methyl sites for hydroxylation is 2. The molecule has 0 unspecified atom stereocenters. The minimum absolute atomic E-state index is 0.370. The zero-order valence-electron chi connectivity index (χ0n) is 40.3. The van der Waals surface area contributed by atoms with Crippen LogP contribution in [0.4, 0.5) is 149 Å². The molecule has 0 saturated carbocycles. The summed E-state index contributed by atoms with van der Waals surface area (Å²) >= 11 is 0. The van der Waals surface area contributed by atoms with Crippen molar-refractivity contribution in [2.24, 2.45) is 0 Å². The van der Waals surface area contributed by atoms with Crippen LogP contribution in [0.2, 0.25) is 0 Å². The Labute approximate surface area is 443 Å². The average Bonchev–Trinajstić information content (AvgIpc) is 1.07. The molecule has 0 spiro atoms. The molecular formula is C44H28F34O6. The lowest BCUT2D eigenvalue weighted by molar-refractivity contribution is -0.461. The highest BCUT2D eigenvalue weighted by Crippen LogP contribution is 2.66. The summed E-state index contributed by atoms with van der Waals surface area (Å²) in [4.78, 5) is 25.8. The Balaban J connectivity index is 1.70. The molecule has 0 bridgehead atoms. The van der Waals surface area contributed by atoms with E-state index in [0.29, 0.717) is 0 Å². The number of benzene rings is 3. The fourth-order valence-electron chi connectivity index (χ4n) is 6.70. The van der Waals surface area contributed by atoms with E-state index in [2.05, 4.69) is 0 Å². The Morgan fingerprint density at radius 3 is 0.762 bits per heavy atom. The molecular weight excluding hydrogens is 1270 g/mol. The second kappa shape index (κ2) is 22.6. The van der Waals surface area contributed by atoms with Crippen molar-refractivity contribution in [3.05, 3.63) is 82.9 Å². The summed E-state index contributed by atoms with van der Waals surface area (Å²) in [5.41, 5.74) is -1.64. The quantitative estimate of drug-likeness (QED) is 0.0453. The largest absolute Gasteiger partial charge is 0.493 e. The number of carbonyl (C=O) groups excluding carboxylic acids is 2. The van der Waals surface area contributed by atoms with Gasteiger partial charge in [-0.2, -0.15) is 149 Å². The van der Waals surface area contributed by atoms with Crippen LogP contribution in [0.25, 0.3) is 0 Å². The van der Waals surface area contributed by atoms with Crippen molar-refractivity contribution >= 4 is 11.9 Å². The van der Waals surface area contributed by atoms with Gasteiger partial charge in [0, 0.05) is 12.8 Å². The first-order valence-corrected chi connectivity index (χ1v) is 21.6. The van der Waals surface area contributed by atoms with Gasteiger partial charge < -0.3 is 18.9 Å². The number of hydrogen-bond acceptors (Lipinski definition) is 6. The van der Waals surface area contributed by atoms with E-state index in [1.165, 1.54) is 0 Å². The number of esters is 2. The lowest BCUT2D eigenvalue weighted by Gasteiger charge is -2.42. The highest BCUT2D eigenvalue weighted by atomic mass is 19.4. The summed E-state index contributed by atoms with van der Waals surface area (Å²) in [6.07, 6.45) is -26.5. The van der Waals surface area contributed by atoms with Crippen molar-refractivity contribution in [2.45, 2.75) is 134 Å². The number of hydrogen-bond donors (Lipinski definition) is 0. The van der Waals surface area contributed by atoms with Gasteiger partial charge in [0.15, 0.2) is 23.0 Å². The van der Waals surface area contributed by atoms with Gasteiger partial charge in [0.25, 0.3) is 0 Å². The summed E-state index contributed by atoms with van der Waals surface area (Å²) < 4.78 is 483. The first-order valence-electron chi connectivity index (χ1n) is 21.6. The molecule has 84 heavy (non-hydrogen) atoms. The van der Waals surface area contributed by atoms with Gasteiger partial charge in [-0.05, 0) is 85.3 Å². The maximum Gasteiger partial charge on any atom is 0.460 e. The van der Waals surface area contributed by atoms with Crippen LogP contribution in [0.5, 0.6) is 23.0 Å². The Morgan fingerprint density at radius 2 is 0.536 bits per heavy atom. The van der Waals surface area contributed by atoms with Crippen molar-refractivity contribution in [2.75, 3.05) is 14.2 Å². The zero-order chi connectivity index (χ0) is 65.9. The molecule has 3 rings (SSSR count). The molecule has 0 aliphatic carbocycles. The van der Waals surface area contributed by atoms with E-state index in [9.17, 15) is 159 Å².